The first-order valence-corrected chi connectivity index (χ1v) is 6.38. The third-order valence-electron chi connectivity index (χ3n) is 2.92. The highest BCUT2D eigenvalue weighted by Crippen LogP contribution is 2.24. The molecule has 1 N–H and O–H groups in total. The average molecular weight is 250 g/mol. The molecule has 1 aromatic rings. The Morgan fingerprint density at radius 1 is 1.50 bits per heavy atom. The molecule has 0 amide bonds. The fourth-order valence-electron chi connectivity index (χ4n) is 2.44. The van der Waals surface area contributed by atoms with Crippen molar-refractivity contribution in [1.29, 1.82) is 0 Å². The van der Waals surface area contributed by atoms with Crippen LogP contribution >= 0.6 is 0 Å². The molecule has 0 radical (unpaired) electrons. The second-order valence-corrected chi connectivity index (χ2v) is 5.47. The Labute approximate surface area is 109 Å². The van der Waals surface area contributed by atoms with Crippen LogP contribution in [0.25, 0.3) is 0 Å². The highest BCUT2D eigenvalue weighted by Gasteiger charge is 2.32. The van der Waals surface area contributed by atoms with Crippen LogP contribution in [0.2, 0.25) is 0 Å². The molecule has 2 heterocycles. The summed E-state index contributed by atoms with van der Waals surface area (Å²) in [5, 5.41) is 3.09. The van der Waals surface area contributed by atoms with Gasteiger partial charge in [0, 0.05) is 25.8 Å². The van der Waals surface area contributed by atoms with E-state index in [-0.39, 0.29) is 11.7 Å². The van der Waals surface area contributed by atoms with E-state index in [2.05, 4.69) is 41.0 Å². The number of nitrogens with one attached hydrogen (secondary N) is 1. The molecule has 0 aliphatic carbocycles. The summed E-state index contributed by atoms with van der Waals surface area (Å²) < 4.78 is 5.90. The number of nitrogens with zero attached hydrogens (tertiary/aromatic N) is 3. The van der Waals surface area contributed by atoms with Gasteiger partial charge in [-0.3, -0.25) is 4.98 Å². The third-order valence-corrected chi connectivity index (χ3v) is 2.92. The fourth-order valence-corrected chi connectivity index (χ4v) is 2.44. The van der Waals surface area contributed by atoms with Gasteiger partial charge in [-0.2, -0.15) is 0 Å². The van der Waals surface area contributed by atoms with Gasteiger partial charge in [0.05, 0.1) is 23.6 Å². The van der Waals surface area contributed by atoms with E-state index in [1.165, 1.54) is 0 Å². The van der Waals surface area contributed by atoms with Crippen molar-refractivity contribution in [3.63, 3.8) is 0 Å². The summed E-state index contributed by atoms with van der Waals surface area (Å²) >= 11 is 0. The van der Waals surface area contributed by atoms with Crippen molar-refractivity contribution >= 4 is 5.82 Å². The Balaban J connectivity index is 2.17. The summed E-state index contributed by atoms with van der Waals surface area (Å²) in [6, 6.07) is 0. The largest absolute Gasteiger partial charge is 0.369 e. The lowest BCUT2D eigenvalue weighted by atomic mass is 10.1. The minimum absolute atomic E-state index is 0.141. The standard InChI is InChI=1S/C13H22N4O/c1-10-8-17(9-13(2,3)18-10)12-7-15-6-11(16-12)5-14-4/h6-7,10,14H,5,8-9H2,1-4H3. The SMILES string of the molecule is CNCc1cncc(N2CC(C)OC(C)(C)C2)n1. The molecule has 5 heteroatoms. The van der Waals surface area contributed by atoms with E-state index in [0.29, 0.717) is 0 Å². The van der Waals surface area contributed by atoms with Gasteiger partial charge in [0.25, 0.3) is 0 Å². The number of anilines is 1. The number of hydrogen-bond acceptors (Lipinski definition) is 5. The molecule has 0 saturated carbocycles. The second-order valence-electron chi connectivity index (χ2n) is 5.47. The van der Waals surface area contributed by atoms with E-state index in [9.17, 15) is 0 Å². The van der Waals surface area contributed by atoms with Gasteiger partial charge in [-0.25, -0.2) is 4.98 Å². The Bertz CT molecular complexity index is 408. The van der Waals surface area contributed by atoms with Gasteiger partial charge < -0.3 is 15.0 Å². The summed E-state index contributed by atoms with van der Waals surface area (Å²) in [6.45, 7) is 8.76. The molecule has 18 heavy (non-hydrogen) atoms. The van der Waals surface area contributed by atoms with E-state index in [1.54, 1.807) is 6.20 Å². The molecular weight excluding hydrogens is 228 g/mol. The van der Waals surface area contributed by atoms with Crippen LogP contribution in [0.15, 0.2) is 12.4 Å². The molecule has 1 aliphatic heterocycles. The number of ether oxygens (including phenoxy) is 1. The molecule has 0 aromatic carbocycles. The quantitative estimate of drug-likeness (QED) is 0.873. The van der Waals surface area contributed by atoms with E-state index >= 15 is 0 Å². The first kappa shape index (κ1) is 13.2. The molecule has 0 spiro atoms. The molecule has 0 bridgehead atoms. The Kier molecular flexibility index (Phi) is 3.82. The van der Waals surface area contributed by atoms with Crippen LogP contribution in [0.4, 0.5) is 5.82 Å². The minimum Gasteiger partial charge on any atom is -0.369 e. The monoisotopic (exact) mass is 250 g/mol. The van der Waals surface area contributed by atoms with Gasteiger partial charge in [0.1, 0.15) is 5.82 Å². The lowest BCUT2D eigenvalue weighted by molar-refractivity contribution is -0.0751. The zero-order chi connectivity index (χ0) is 13.2. The highest BCUT2D eigenvalue weighted by atomic mass is 16.5. The number of aromatic nitrogens is 2. The van der Waals surface area contributed by atoms with Crippen LogP contribution < -0.4 is 10.2 Å². The van der Waals surface area contributed by atoms with Crippen LogP contribution in [-0.4, -0.2) is 41.8 Å². The molecule has 1 fully saturated rings. The molecule has 100 valence electrons. The van der Waals surface area contributed by atoms with E-state index in [4.69, 9.17) is 4.74 Å². The lowest BCUT2D eigenvalue weighted by Gasteiger charge is -2.42. The maximum Gasteiger partial charge on any atom is 0.147 e. The van der Waals surface area contributed by atoms with Gasteiger partial charge >= 0.3 is 0 Å². The summed E-state index contributed by atoms with van der Waals surface area (Å²) in [6.07, 6.45) is 3.84. The Hall–Kier alpha value is -1.20. The predicted octanol–water partition coefficient (Wildman–Crippen LogP) is 1.20. The zero-order valence-corrected chi connectivity index (χ0v) is 11.6. The average Bonchev–Trinajstić information content (AvgIpc) is 2.27. The maximum atomic E-state index is 5.90. The van der Waals surface area contributed by atoms with E-state index in [1.807, 2.05) is 13.2 Å². The summed E-state index contributed by atoms with van der Waals surface area (Å²) in [5.41, 5.74) is 0.824. The number of morpholine rings is 1. The van der Waals surface area contributed by atoms with Crippen molar-refractivity contribution in [2.45, 2.75) is 39.0 Å². The van der Waals surface area contributed by atoms with Crippen molar-refractivity contribution in [2.75, 3.05) is 25.0 Å². The van der Waals surface area contributed by atoms with E-state index in [0.717, 1.165) is 31.1 Å². The first-order chi connectivity index (χ1) is 8.50. The molecule has 1 aromatic heterocycles. The van der Waals surface area contributed by atoms with E-state index < -0.39 is 0 Å². The Morgan fingerprint density at radius 2 is 2.28 bits per heavy atom. The van der Waals surface area contributed by atoms with Crippen molar-refractivity contribution in [2.24, 2.45) is 0 Å². The topological polar surface area (TPSA) is 50.3 Å². The van der Waals surface area contributed by atoms with Gasteiger partial charge in [-0.15, -0.1) is 0 Å². The fraction of sp³-hybridized carbons (Fsp3) is 0.692. The second kappa shape index (κ2) is 5.20. The molecule has 1 unspecified atom stereocenters. The van der Waals surface area contributed by atoms with Crippen LogP contribution in [0, 0.1) is 0 Å². The smallest absolute Gasteiger partial charge is 0.147 e. The molecular formula is C13H22N4O. The molecule has 1 aliphatic rings. The Morgan fingerprint density at radius 3 is 2.94 bits per heavy atom. The maximum absolute atomic E-state index is 5.90. The summed E-state index contributed by atoms with van der Waals surface area (Å²) in [4.78, 5) is 11.1. The number of rotatable bonds is 3. The lowest BCUT2D eigenvalue weighted by Crippen LogP contribution is -2.52. The molecule has 5 nitrogen and oxygen atoms in total. The van der Waals surface area contributed by atoms with Crippen molar-refractivity contribution in [3.8, 4) is 0 Å². The predicted molar refractivity (Wildman–Crippen MR) is 71.6 cm³/mol. The minimum atomic E-state index is -0.141. The van der Waals surface area contributed by atoms with Crippen LogP contribution in [0.3, 0.4) is 0 Å². The zero-order valence-electron chi connectivity index (χ0n) is 11.6. The van der Waals surface area contributed by atoms with Crippen LogP contribution in [0.5, 0.6) is 0 Å². The van der Waals surface area contributed by atoms with Crippen LogP contribution in [0.1, 0.15) is 26.5 Å². The van der Waals surface area contributed by atoms with Crippen LogP contribution in [-0.2, 0) is 11.3 Å². The molecule has 1 saturated heterocycles. The van der Waals surface area contributed by atoms with Gasteiger partial charge in [-0.05, 0) is 27.8 Å². The van der Waals surface area contributed by atoms with Gasteiger partial charge in [0.15, 0.2) is 0 Å². The van der Waals surface area contributed by atoms with Crippen molar-refractivity contribution < 1.29 is 4.74 Å². The first-order valence-electron chi connectivity index (χ1n) is 6.38. The third kappa shape index (κ3) is 3.17. The van der Waals surface area contributed by atoms with Crippen molar-refractivity contribution in [1.82, 2.24) is 15.3 Å². The van der Waals surface area contributed by atoms with Gasteiger partial charge in [0.2, 0.25) is 0 Å². The molecule has 1 atom stereocenters. The number of hydrogen-bond donors (Lipinski definition) is 1. The molecule has 2 rings (SSSR count). The summed E-state index contributed by atoms with van der Waals surface area (Å²) in [7, 11) is 1.91. The van der Waals surface area contributed by atoms with Gasteiger partial charge in [-0.1, -0.05) is 0 Å². The summed E-state index contributed by atoms with van der Waals surface area (Å²) in [5.74, 6) is 0.936. The highest BCUT2D eigenvalue weighted by molar-refractivity contribution is 5.38. The van der Waals surface area contributed by atoms with Crippen molar-refractivity contribution in [3.05, 3.63) is 18.1 Å². The normalized spacial score (nSPS) is 23.1.